The zero-order valence-corrected chi connectivity index (χ0v) is 14.5. The van der Waals surface area contributed by atoms with Gasteiger partial charge in [0.25, 0.3) is 0 Å². The minimum Gasteiger partial charge on any atom is -0.478 e. The van der Waals surface area contributed by atoms with E-state index in [9.17, 15) is 9.90 Å². The van der Waals surface area contributed by atoms with Gasteiger partial charge < -0.3 is 5.11 Å². The molecule has 0 aliphatic carbocycles. The van der Waals surface area contributed by atoms with Crippen molar-refractivity contribution in [1.29, 1.82) is 0 Å². The number of carboxylic acid groups (broad SMARTS) is 1. The molecular weight excluding hydrogens is 354 g/mol. The summed E-state index contributed by atoms with van der Waals surface area (Å²) in [6.45, 7) is 4.29. The second-order valence-electron chi connectivity index (χ2n) is 5.80. The van der Waals surface area contributed by atoms with Crippen LogP contribution in [0.2, 0.25) is 0 Å². The molecule has 0 aliphatic heterocycles. The van der Waals surface area contributed by atoms with E-state index in [1.165, 1.54) is 5.56 Å². The zero-order valence-electron chi connectivity index (χ0n) is 12.9. The van der Waals surface area contributed by atoms with Gasteiger partial charge in [-0.25, -0.2) is 9.78 Å². The first kappa shape index (κ1) is 15.7. The van der Waals surface area contributed by atoms with Crippen LogP contribution in [0.25, 0.3) is 22.2 Å². The van der Waals surface area contributed by atoms with Crippen molar-refractivity contribution in [2.75, 3.05) is 0 Å². The third-order valence-corrected chi connectivity index (χ3v) is 4.37. The summed E-state index contributed by atoms with van der Waals surface area (Å²) < 4.78 is 0.836. The van der Waals surface area contributed by atoms with E-state index in [0.29, 0.717) is 22.5 Å². The second-order valence-corrected chi connectivity index (χ2v) is 6.71. The monoisotopic (exact) mass is 369 g/mol. The van der Waals surface area contributed by atoms with E-state index in [1.807, 2.05) is 24.3 Å². The fourth-order valence-electron chi connectivity index (χ4n) is 2.56. The standard InChI is InChI=1S/C19H16BrNO2/c1-11(2)12-3-5-13(6-4-12)18-10-16(19(22)23)15-9-14(20)7-8-17(15)21-18/h3-11H,1-2H3,(H,22,23). The highest BCUT2D eigenvalue weighted by molar-refractivity contribution is 9.10. The molecule has 0 spiro atoms. The molecule has 2 aromatic carbocycles. The fraction of sp³-hybridized carbons (Fsp3) is 0.158. The highest BCUT2D eigenvalue weighted by Crippen LogP contribution is 2.28. The lowest BCUT2D eigenvalue weighted by Gasteiger charge is -2.09. The molecule has 0 saturated heterocycles. The van der Waals surface area contributed by atoms with Gasteiger partial charge in [-0.05, 0) is 35.7 Å². The summed E-state index contributed by atoms with van der Waals surface area (Å²) in [4.78, 5) is 16.2. The lowest BCUT2D eigenvalue weighted by Crippen LogP contribution is -2.00. The van der Waals surface area contributed by atoms with Gasteiger partial charge in [0, 0.05) is 15.4 Å². The van der Waals surface area contributed by atoms with Crippen LogP contribution in [-0.4, -0.2) is 16.1 Å². The van der Waals surface area contributed by atoms with Gasteiger partial charge in [-0.15, -0.1) is 0 Å². The van der Waals surface area contributed by atoms with E-state index in [1.54, 1.807) is 12.1 Å². The van der Waals surface area contributed by atoms with Crippen LogP contribution >= 0.6 is 15.9 Å². The highest BCUT2D eigenvalue weighted by Gasteiger charge is 2.13. The number of carbonyl (C=O) groups is 1. The number of nitrogens with zero attached hydrogens (tertiary/aromatic N) is 1. The molecule has 0 aliphatic rings. The fourth-order valence-corrected chi connectivity index (χ4v) is 2.92. The van der Waals surface area contributed by atoms with Gasteiger partial charge in [0.1, 0.15) is 0 Å². The molecule has 1 aromatic heterocycles. The molecule has 3 rings (SSSR count). The van der Waals surface area contributed by atoms with Crippen LogP contribution in [0, 0.1) is 0 Å². The number of fused-ring (bicyclic) bond motifs is 1. The van der Waals surface area contributed by atoms with Crippen molar-refractivity contribution >= 4 is 32.8 Å². The van der Waals surface area contributed by atoms with Crippen molar-refractivity contribution in [3.63, 3.8) is 0 Å². The Balaban J connectivity index is 2.18. The van der Waals surface area contributed by atoms with E-state index in [4.69, 9.17) is 0 Å². The van der Waals surface area contributed by atoms with Crippen LogP contribution in [0.15, 0.2) is 53.0 Å². The summed E-state index contributed by atoms with van der Waals surface area (Å²) in [6, 6.07) is 15.2. The lowest BCUT2D eigenvalue weighted by atomic mass is 9.99. The molecule has 3 aromatic rings. The van der Waals surface area contributed by atoms with Crippen LogP contribution in [0.1, 0.15) is 35.7 Å². The molecule has 3 nitrogen and oxygen atoms in total. The summed E-state index contributed by atoms with van der Waals surface area (Å²) in [5.74, 6) is -0.490. The van der Waals surface area contributed by atoms with Crippen LogP contribution < -0.4 is 0 Å². The maximum absolute atomic E-state index is 11.6. The quantitative estimate of drug-likeness (QED) is 0.664. The third-order valence-electron chi connectivity index (χ3n) is 3.87. The van der Waals surface area contributed by atoms with E-state index in [-0.39, 0.29) is 5.56 Å². The Kier molecular flexibility index (Phi) is 4.18. The van der Waals surface area contributed by atoms with Crippen molar-refractivity contribution in [2.24, 2.45) is 0 Å². The lowest BCUT2D eigenvalue weighted by molar-refractivity contribution is 0.0699. The molecule has 23 heavy (non-hydrogen) atoms. The van der Waals surface area contributed by atoms with Crippen LogP contribution in [0.3, 0.4) is 0 Å². The van der Waals surface area contributed by atoms with Gasteiger partial charge in [-0.1, -0.05) is 54.0 Å². The topological polar surface area (TPSA) is 50.2 Å². The highest BCUT2D eigenvalue weighted by atomic mass is 79.9. The molecule has 0 fully saturated rings. The predicted molar refractivity (Wildman–Crippen MR) is 95.9 cm³/mol. The normalized spacial score (nSPS) is 11.1. The number of pyridine rings is 1. The molecule has 0 saturated carbocycles. The SMILES string of the molecule is CC(C)c1ccc(-c2cc(C(=O)O)c3cc(Br)ccc3n2)cc1. The van der Waals surface area contributed by atoms with Gasteiger partial charge in [-0.2, -0.15) is 0 Å². The van der Waals surface area contributed by atoms with Crippen molar-refractivity contribution in [3.8, 4) is 11.3 Å². The Labute approximate surface area is 143 Å². The first-order chi connectivity index (χ1) is 11.0. The Morgan fingerprint density at radius 1 is 1.09 bits per heavy atom. The van der Waals surface area contributed by atoms with Crippen LogP contribution in [-0.2, 0) is 0 Å². The van der Waals surface area contributed by atoms with E-state index >= 15 is 0 Å². The van der Waals surface area contributed by atoms with Gasteiger partial charge in [0.2, 0.25) is 0 Å². The van der Waals surface area contributed by atoms with Crippen molar-refractivity contribution < 1.29 is 9.90 Å². The number of hydrogen-bond acceptors (Lipinski definition) is 2. The van der Waals surface area contributed by atoms with Crippen molar-refractivity contribution in [3.05, 3.63) is 64.1 Å². The van der Waals surface area contributed by atoms with E-state index in [2.05, 4.69) is 46.9 Å². The second kappa shape index (κ2) is 6.13. The average Bonchev–Trinajstić information content (AvgIpc) is 2.53. The summed E-state index contributed by atoms with van der Waals surface area (Å²) in [5.41, 5.74) is 3.78. The maximum Gasteiger partial charge on any atom is 0.336 e. The van der Waals surface area contributed by atoms with Gasteiger partial charge in [0.05, 0.1) is 16.8 Å². The molecule has 116 valence electrons. The molecule has 0 atom stereocenters. The summed E-state index contributed by atoms with van der Waals surface area (Å²) in [5, 5.41) is 10.2. The molecular formula is C19H16BrNO2. The number of carboxylic acids is 1. The third kappa shape index (κ3) is 3.13. The maximum atomic E-state index is 11.6. The smallest absolute Gasteiger partial charge is 0.336 e. The average molecular weight is 370 g/mol. The number of aromatic nitrogens is 1. The number of halogens is 1. The van der Waals surface area contributed by atoms with Crippen LogP contribution in [0.4, 0.5) is 0 Å². The molecule has 0 unspecified atom stereocenters. The number of rotatable bonds is 3. The Bertz CT molecular complexity index is 886. The first-order valence-electron chi connectivity index (χ1n) is 7.39. The number of hydrogen-bond donors (Lipinski definition) is 1. The number of benzene rings is 2. The Hall–Kier alpha value is -2.20. The zero-order chi connectivity index (χ0) is 16.6. The summed E-state index contributed by atoms with van der Waals surface area (Å²) in [7, 11) is 0. The summed E-state index contributed by atoms with van der Waals surface area (Å²) in [6.07, 6.45) is 0. The summed E-state index contributed by atoms with van der Waals surface area (Å²) >= 11 is 3.38. The minimum atomic E-state index is -0.949. The van der Waals surface area contributed by atoms with Crippen molar-refractivity contribution in [2.45, 2.75) is 19.8 Å². The predicted octanol–water partition coefficient (Wildman–Crippen LogP) is 5.49. The van der Waals surface area contributed by atoms with Gasteiger partial charge >= 0.3 is 5.97 Å². The van der Waals surface area contributed by atoms with Crippen LogP contribution in [0.5, 0.6) is 0 Å². The van der Waals surface area contributed by atoms with Gasteiger partial charge in [-0.3, -0.25) is 0 Å². The molecule has 0 bridgehead atoms. The largest absolute Gasteiger partial charge is 0.478 e. The Morgan fingerprint density at radius 2 is 1.78 bits per heavy atom. The molecule has 1 N–H and O–H groups in total. The van der Waals surface area contributed by atoms with Crippen molar-refractivity contribution in [1.82, 2.24) is 4.98 Å². The minimum absolute atomic E-state index is 0.263. The Morgan fingerprint density at radius 3 is 2.39 bits per heavy atom. The van der Waals surface area contributed by atoms with E-state index < -0.39 is 5.97 Å². The number of aromatic carboxylic acids is 1. The van der Waals surface area contributed by atoms with E-state index in [0.717, 1.165) is 10.0 Å². The molecule has 4 heteroatoms. The first-order valence-corrected chi connectivity index (χ1v) is 8.19. The molecule has 1 heterocycles. The molecule has 0 amide bonds. The van der Waals surface area contributed by atoms with Gasteiger partial charge in [0.15, 0.2) is 0 Å². The molecule has 0 radical (unpaired) electrons.